The highest BCUT2D eigenvalue weighted by molar-refractivity contribution is 9.10. The van der Waals surface area contributed by atoms with Crippen LogP contribution in [0, 0.1) is 18.8 Å². The van der Waals surface area contributed by atoms with E-state index in [1.807, 2.05) is 48.5 Å². The van der Waals surface area contributed by atoms with Crippen molar-refractivity contribution < 1.29 is 24.3 Å². The van der Waals surface area contributed by atoms with Crippen LogP contribution in [0.2, 0.25) is 0 Å². The van der Waals surface area contributed by atoms with Gasteiger partial charge in [-0.25, -0.2) is 9.69 Å². The van der Waals surface area contributed by atoms with Crippen molar-refractivity contribution in [2.45, 2.75) is 15.6 Å². The Morgan fingerprint density at radius 1 is 0.762 bits per heavy atom. The third kappa shape index (κ3) is 3.44. The van der Waals surface area contributed by atoms with E-state index in [0.29, 0.717) is 0 Å². The minimum atomic E-state index is -1.17. The van der Waals surface area contributed by atoms with E-state index in [4.69, 9.17) is 0 Å². The monoisotopic (exact) mass is 684 g/mol. The van der Waals surface area contributed by atoms with Crippen LogP contribution in [0.4, 0.5) is 11.4 Å². The lowest BCUT2D eigenvalue weighted by Gasteiger charge is -2.55. The molecule has 0 aromatic heterocycles. The van der Waals surface area contributed by atoms with Crippen molar-refractivity contribution in [2.75, 3.05) is 10.2 Å². The highest BCUT2D eigenvalue weighted by Crippen LogP contribution is 2.70. The van der Waals surface area contributed by atoms with Crippen LogP contribution in [0.5, 0.6) is 0 Å². The molecule has 4 aromatic carbocycles. The number of hydrogen-bond acceptors (Lipinski definition) is 4. The average molecular weight is 686 g/mol. The number of nitrogens with zero attached hydrogens (tertiary/aromatic N) is 1. The van der Waals surface area contributed by atoms with E-state index in [-0.39, 0.29) is 34.3 Å². The van der Waals surface area contributed by atoms with Crippen molar-refractivity contribution in [3.63, 3.8) is 0 Å². The zero-order chi connectivity index (χ0) is 29.6. The maximum atomic E-state index is 14.3. The molecule has 1 aliphatic heterocycles. The first-order chi connectivity index (χ1) is 20.1. The van der Waals surface area contributed by atoms with Crippen molar-refractivity contribution in [2.24, 2.45) is 11.8 Å². The first kappa shape index (κ1) is 26.8. The molecule has 1 saturated heterocycles. The van der Waals surface area contributed by atoms with Gasteiger partial charge in [0, 0.05) is 5.56 Å². The second kappa shape index (κ2) is 9.21. The van der Waals surface area contributed by atoms with Crippen LogP contribution >= 0.6 is 31.9 Å². The Labute approximate surface area is 257 Å². The Balaban J connectivity index is 1.30. The second-order valence-corrected chi connectivity index (χ2v) is 13.3. The van der Waals surface area contributed by atoms with Gasteiger partial charge in [0.15, 0.2) is 0 Å². The molecule has 7 nitrogen and oxygen atoms in total. The predicted octanol–water partition coefficient (Wildman–Crippen LogP) is 6.36. The SMILES string of the molecule is Cc1ccc(C(=O)O)c(NC(=O)c2cccc(N3C(=O)[C@@H]4[C@@H](C3=O)C3(Br)c5ccccc5C4(Br)c4ccccc43)c2)c1. The summed E-state index contributed by atoms with van der Waals surface area (Å²) in [5.41, 5.74) is 5.09. The van der Waals surface area contributed by atoms with Gasteiger partial charge in [0.25, 0.3) is 5.91 Å². The molecule has 208 valence electrons. The summed E-state index contributed by atoms with van der Waals surface area (Å²) in [6, 6.07) is 26.7. The number of carbonyl (C=O) groups is 4. The van der Waals surface area contributed by atoms with Crippen LogP contribution in [-0.4, -0.2) is 28.8 Å². The Kier molecular flexibility index (Phi) is 5.88. The number of aromatic carboxylic acids is 1. The predicted molar refractivity (Wildman–Crippen MR) is 164 cm³/mol. The van der Waals surface area contributed by atoms with Crippen molar-refractivity contribution >= 4 is 66.9 Å². The highest BCUT2D eigenvalue weighted by Gasteiger charge is 2.72. The third-order valence-electron chi connectivity index (χ3n) is 8.61. The number of rotatable bonds is 4. The summed E-state index contributed by atoms with van der Waals surface area (Å²) in [6.07, 6.45) is 0. The fourth-order valence-electron chi connectivity index (χ4n) is 6.85. The maximum Gasteiger partial charge on any atom is 0.337 e. The van der Waals surface area contributed by atoms with E-state index >= 15 is 0 Å². The van der Waals surface area contributed by atoms with Gasteiger partial charge in [0.1, 0.15) is 0 Å². The molecule has 9 heteroatoms. The average Bonchev–Trinajstić information content (AvgIpc) is 3.26. The van der Waals surface area contributed by atoms with E-state index in [1.165, 1.54) is 17.0 Å². The van der Waals surface area contributed by atoms with E-state index in [9.17, 15) is 24.3 Å². The first-order valence-electron chi connectivity index (χ1n) is 13.3. The number of carboxylic acid groups (broad SMARTS) is 1. The van der Waals surface area contributed by atoms with E-state index in [0.717, 1.165) is 27.8 Å². The molecule has 4 aliphatic rings. The number of alkyl halides is 2. The second-order valence-electron chi connectivity index (χ2n) is 10.8. The smallest absolute Gasteiger partial charge is 0.337 e. The molecule has 0 unspecified atom stereocenters. The molecule has 0 spiro atoms. The topological polar surface area (TPSA) is 104 Å². The first-order valence-corrected chi connectivity index (χ1v) is 14.9. The third-order valence-corrected chi connectivity index (χ3v) is 11.3. The number of benzene rings is 4. The van der Waals surface area contributed by atoms with Gasteiger partial charge < -0.3 is 10.4 Å². The number of carboxylic acids is 1. The molecular formula is C33H22Br2N2O5. The molecule has 1 heterocycles. The summed E-state index contributed by atoms with van der Waals surface area (Å²) in [7, 11) is 0. The quantitative estimate of drug-likeness (QED) is 0.192. The molecule has 3 aliphatic carbocycles. The zero-order valence-electron chi connectivity index (χ0n) is 22.1. The lowest BCUT2D eigenvalue weighted by molar-refractivity contribution is -0.122. The molecule has 3 amide bonds. The summed E-state index contributed by atoms with van der Waals surface area (Å²) in [5, 5.41) is 12.2. The Hall–Kier alpha value is -4.08. The Morgan fingerprint density at radius 3 is 1.79 bits per heavy atom. The van der Waals surface area contributed by atoms with Gasteiger partial charge in [-0.3, -0.25) is 14.4 Å². The minimum absolute atomic E-state index is 0.0427. The number of halogens is 2. The van der Waals surface area contributed by atoms with Crippen LogP contribution in [0.3, 0.4) is 0 Å². The van der Waals surface area contributed by atoms with Crippen LogP contribution in [0.25, 0.3) is 0 Å². The van der Waals surface area contributed by atoms with E-state index in [2.05, 4.69) is 37.2 Å². The van der Waals surface area contributed by atoms with Crippen LogP contribution < -0.4 is 10.2 Å². The number of anilines is 2. The number of aryl methyl sites for hydroxylation is 1. The molecule has 0 radical (unpaired) electrons. The number of imide groups is 1. The van der Waals surface area contributed by atoms with Gasteiger partial charge >= 0.3 is 5.97 Å². The number of nitrogens with one attached hydrogen (secondary N) is 1. The molecule has 42 heavy (non-hydrogen) atoms. The summed E-state index contributed by atoms with van der Waals surface area (Å²) in [4.78, 5) is 54.8. The summed E-state index contributed by atoms with van der Waals surface area (Å²) in [6.45, 7) is 1.79. The molecule has 1 fully saturated rings. The van der Waals surface area contributed by atoms with Crippen molar-refractivity contribution in [3.05, 3.63) is 130 Å². The lowest BCUT2D eigenvalue weighted by atomic mass is 9.54. The van der Waals surface area contributed by atoms with Gasteiger partial charge in [-0.05, 0) is 65.1 Å². The lowest BCUT2D eigenvalue weighted by Crippen LogP contribution is -2.56. The van der Waals surface area contributed by atoms with Crippen LogP contribution in [0.1, 0.15) is 48.5 Å². The summed E-state index contributed by atoms with van der Waals surface area (Å²) >= 11 is 7.99. The van der Waals surface area contributed by atoms with Crippen molar-refractivity contribution in [1.29, 1.82) is 0 Å². The minimum Gasteiger partial charge on any atom is -0.478 e. The van der Waals surface area contributed by atoms with Crippen molar-refractivity contribution in [1.82, 2.24) is 0 Å². The van der Waals surface area contributed by atoms with Crippen LogP contribution in [0.15, 0.2) is 91.0 Å². The Bertz CT molecular complexity index is 1760. The van der Waals surface area contributed by atoms with E-state index < -0.39 is 32.4 Å². The number of hydrogen-bond donors (Lipinski definition) is 2. The molecule has 2 bridgehead atoms. The van der Waals surface area contributed by atoms with Gasteiger partial charge in [-0.2, -0.15) is 0 Å². The molecular weight excluding hydrogens is 664 g/mol. The van der Waals surface area contributed by atoms with E-state index in [1.54, 1.807) is 37.3 Å². The standard InChI is InChI=1S/C33H22Br2N2O5/c1-17-13-14-20(31(41)42)25(15-17)36-28(38)18-7-6-8-19(16-18)37-29(39)26-27(30(37)40)33(35)22-10-3-2-9-21(22)32(26,34)23-11-4-5-12-24(23)33/h2-16,26-27H,1H3,(H,36,38)(H,41,42)/t26-,27-,32?,33?/m0/s1. The van der Waals surface area contributed by atoms with Crippen LogP contribution in [-0.2, 0) is 18.2 Å². The largest absolute Gasteiger partial charge is 0.478 e. The summed E-state index contributed by atoms with van der Waals surface area (Å²) in [5.74, 6) is -3.93. The highest BCUT2D eigenvalue weighted by atomic mass is 79.9. The Morgan fingerprint density at radius 2 is 1.29 bits per heavy atom. The van der Waals surface area contributed by atoms with Gasteiger partial charge in [0.2, 0.25) is 11.8 Å². The molecule has 8 rings (SSSR count). The maximum absolute atomic E-state index is 14.3. The van der Waals surface area contributed by atoms with Gasteiger partial charge in [-0.15, -0.1) is 0 Å². The number of carbonyl (C=O) groups excluding carboxylic acids is 3. The fraction of sp³-hybridized carbons (Fsp3) is 0.152. The molecule has 0 saturated carbocycles. The zero-order valence-corrected chi connectivity index (χ0v) is 25.3. The molecule has 2 N–H and O–H groups in total. The summed E-state index contributed by atoms with van der Waals surface area (Å²) < 4.78 is -1.84. The van der Waals surface area contributed by atoms with Gasteiger partial charge in [0.05, 0.1) is 37.4 Å². The van der Waals surface area contributed by atoms with Crippen molar-refractivity contribution in [3.8, 4) is 0 Å². The van der Waals surface area contributed by atoms with Gasteiger partial charge in [-0.1, -0.05) is 92.5 Å². The molecule has 4 aromatic rings. The number of amides is 3. The fourth-order valence-corrected chi connectivity index (χ4v) is 9.15. The molecule has 2 atom stereocenters. The normalized spacial score (nSPS) is 25.1.